The molecule has 1 fully saturated rings. The lowest BCUT2D eigenvalue weighted by Gasteiger charge is -2.23. The van der Waals surface area contributed by atoms with Gasteiger partial charge < -0.3 is 10.6 Å². The Kier molecular flexibility index (Phi) is 5.59. The number of rotatable bonds is 4. The van der Waals surface area contributed by atoms with Crippen molar-refractivity contribution in [1.29, 1.82) is 0 Å². The number of nitrogens with zero attached hydrogens (tertiary/aromatic N) is 1. The molecule has 0 radical (unpaired) electrons. The van der Waals surface area contributed by atoms with Crippen LogP contribution in [0.2, 0.25) is 10.0 Å². The summed E-state index contributed by atoms with van der Waals surface area (Å²) in [6, 6.07) is 8.85. The minimum absolute atomic E-state index is 0.242. The van der Waals surface area contributed by atoms with Crippen LogP contribution in [0.25, 0.3) is 0 Å². The molecule has 24 heavy (non-hydrogen) atoms. The van der Waals surface area contributed by atoms with Crippen LogP contribution in [0.5, 0.6) is 0 Å². The molecule has 1 amide bonds. The van der Waals surface area contributed by atoms with Gasteiger partial charge in [0.05, 0.1) is 10.7 Å². The maximum Gasteiger partial charge on any atom is 0.255 e. The average Bonchev–Trinajstić information content (AvgIpc) is 2.59. The van der Waals surface area contributed by atoms with Gasteiger partial charge in [-0.1, -0.05) is 42.5 Å². The molecule has 0 atom stereocenters. The highest BCUT2D eigenvalue weighted by molar-refractivity contribution is 6.35. The van der Waals surface area contributed by atoms with E-state index in [1.54, 1.807) is 36.5 Å². The van der Waals surface area contributed by atoms with Crippen molar-refractivity contribution in [2.24, 2.45) is 0 Å². The van der Waals surface area contributed by atoms with E-state index in [2.05, 4.69) is 15.6 Å². The summed E-state index contributed by atoms with van der Waals surface area (Å²) in [6.45, 7) is 0. The molecule has 4 nitrogen and oxygen atoms in total. The van der Waals surface area contributed by atoms with E-state index in [0.29, 0.717) is 27.3 Å². The Hall–Kier alpha value is -1.78. The number of hydrogen-bond donors (Lipinski definition) is 2. The predicted molar refractivity (Wildman–Crippen MR) is 99.1 cm³/mol. The summed E-state index contributed by atoms with van der Waals surface area (Å²) in [7, 11) is 0. The monoisotopic (exact) mass is 363 g/mol. The number of carbonyl (C=O) groups excluding carboxylic acids is 1. The molecule has 1 heterocycles. The standard InChI is InChI=1S/C18H19Cl2N3O/c19-13-6-7-15(20)16(11-13)23-18(24)12-8-9-21-17(10-12)22-14-4-2-1-3-5-14/h6-11,14H,1-5H2,(H,21,22)(H,23,24). The number of pyridine rings is 1. The molecule has 126 valence electrons. The topological polar surface area (TPSA) is 54.0 Å². The molecule has 2 N–H and O–H groups in total. The Labute approximate surface area is 151 Å². The summed E-state index contributed by atoms with van der Waals surface area (Å²) >= 11 is 12.0. The van der Waals surface area contributed by atoms with Gasteiger partial charge in [0.2, 0.25) is 0 Å². The summed E-state index contributed by atoms with van der Waals surface area (Å²) < 4.78 is 0. The van der Waals surface area contributed by atoms with Crippen LogP contribution >= 0.6 is 23.2 Å². The zero-order valence-electron chi connectivity index (χ0n) is 13.2. The van der Waals surface area contributed by atoms with Crippen LogP contribution in [0.3, 0.4) is 0 Å². The van der Waals surface area contributed by atoms with Gasteiger partial charge in [-0.25, -0.2) is 4.98 Å². The normalized spacial score (nSPS) is 15.1. The third-order valence-electron chi connectivity index (χ3n) is 4.16. The zero-order chi connectivity index (χ0) is 16.9. The Bertz CT molecular complexity index is 730. The molecule has 6 heteroatoms. The summed E-state index contributed by atoms with van der Waals surface area (Å²) in [5, 5.41) is 7.17. The highest BCUT2D eigenvalue weighted by Gasteiger charge is 2.15. The van der Waals surface area contributed by atoms with Gasteiger partial charge in [0.1, 0.15) is 5.82 Å². The number of carbonyl (C=O) groups is 1. The molecule has 0 aliphatic heterocycles. The van der Waals surface area contributed by atoms with Crippen LogP contribution in [-0.2, 0) is 0 Å². The van der Waals surface area contributed by atoms with E-state index in [4.69, 9.17) is 23.2 Å². The first-order chi connectivity index (χ1) is 11.6. The quantitative estimate of drug-likeness (QED) is 0.765. The largest absolute Gasteiger partial charge is 0.367 e. The lowest BCUT2D eigenvalue weighted by Crippen LogP contribution is -2.23. The molecule has 1 aromatic carbocycles. The SMILES string of the molecule is O=C(Nc1cc(Cl)ccc1Cl)c1ccnc(NC2CCCCC2)c1. The Morgan fingerprint density at radius 1 is 1.08 bits per heavy atom. The van der Waals surface area contributed by atoms with Gasteiger partial charge in [-0.05, 0) is 43.2 Å². The molecule has 0 spiro atoms. The maximum absolute atomic E-state index is 12.5. The third kappa shape index (κ3) is 4.40. The van der Waals surface area contributed by atoms with E-state index >= 15 is 0 Å². The van der Waals surface area contributed by atoms with Crippen molar-refractivity contribution in [2.45, 2.75) is 38.1 Å². The van der Waals surface area contributed by atoms with E-state index in [-0.39, 0.29) is 5.91 Å². The van der Waals surface area contributed by atoms with Crippen LogP contribution in [0, 0.1) is 0 Å². The van der Waals surface area contributed by atoms with E-state index in [1.807, 2.05) is 0 Å². The smallest absolute Gasteiger partial charge is 0.255 e. The molecule has 0 bridgehead atoms. The molecule has 1 aliphatic carbocycles. The number of anilines is 2. The first-order valence-electron chi connectivity index (χ1n) is 8.11. The van der Waals surface area contributed by atoms with Crippen molar-refractivity contribution in [3.8, 4) is 0 Å². The third-order valence-corrected chi connectivity index (χ3v) is 4.72. The van der Waals surface area contributed by atoms with Gasteiger partial charge in [0.25, 0.3) is 5.91 Å². The van der Waals surface area contributed by atoms with Crippen molar-refractivity contribution < 1.29 is 4.79 Å². The summed E-state index contributed by atoms with van der Waals surface area (Å²) in [5.41, 5.74) is 1.02. The van der Waals surface area contributed by atoms with E-state index in [9.17, 15) is 4.79 Å². The molecule has 1 saturated carbocycles. The number of nitrogens with one attached hydrogen (secondary N) is 2. The molecule has 2 aromatic rings. The molecule has 1 aromatic heterocycles. The van der Waals surface area contributed by atoms with Gasteiger partial charge >= 0.3 is 0 Å². The van der Waals surface area contributed by atoms with Crippen molar-refractivity contribution in [2.75, 3.05) is 10.6 Å². The van der Waals surface area contributed by atoms with Gasteiger partial charge in [0, 0.05) is 22.8 Å². The number of hydrogen-bond acceptors (Lipinski definition) is 3. The number of benzene rings is 1. The van der Waals surface area contributed by atoms with Crippen LogP contribution in [0.15, 0.2) is 36.5 Å². The fourth-order valence-electron chi connectivity index (χ4n) is 2.89. The van der Waals surface area contributed by atoms with Gasteiger partial charge in [-0.2, -0.15) is 0 Å². The van der Waals surface area contributed by atoms with Crippen LogP contribution in [0.1, 0.15) is 42.5 Å². The average molecular weight is 364 g/mol. The van der Waals surface area contributed by atoms with Crippen LogP contribution in [-0.4, -0.2) is 16.9 Å². The number of amides is 1. The van der Waals surface area contributed by atoms with Gasteiger partial charge in [0.15, 0.2) is 0 Å². The van der Waals surface area contributed by atoms with Gasteiger partial charge in [-0.15, -0.1) is 0 Å². The van der Waals surface area contributed by atoms with Crippen molar-refractivity contribution in [3.05, 3.63) is 52.1 Å². The molecule has 3 rings (SSSR count). The Morgan fingerprint density at radius 3 is 2.67 bits per heavy atom. The Balaban J connectivity index is 1.70. The summed E-state index contributed by atoms with van der Waals surface area (Å²) in [4.78, 5) is 16.8. The van der Waals surface area contributed by atoms with E-state index in [0.717, 1.165) is 18.7 Å². The van der Waals surface area contributed by atoms with Crippen molar-refractivity contribution >= 4 is 40.6 Å². The second-order valence-electron chi connectivity index (χ2n) is 5.99. The first kappa shape index (κ1) is 17.1. The fraction of sp³-hybridized carbons (Fsp3) is 0.333. The minimum Gasteiger partial charge on any atom is -0.367 e. The highest BCUT2D eigenvalue weighted by atomic mass is 35.5. The molecule has 0 unspecified atom stereocenters. The summed E-state index contributed by atoms with van der Waals surface area (Å²) in [5.74, 6) is 0.486. The van der Waals surface area contributed by atoms with Crippen molar-refractivity contribution in [3.63, 3.8) is 0 Å². The van der Waals surface area contributed by atoms with Crippen LogP contribution in [0.4, 0.5) is 11.5 Å². The van der Waals surface area contributed by atoms with Gasteiger partial charge in [-0.3, -0.25) is 4.79 Å². The molecular formula is C18H19Cl2N3O. The minimum atomic E-state index is -0.242. The molecule has 1 aliphatic rings. The predicted octanol–water partition coefficient (Wildman–Crippen LogP) is 5.39. The van der Waals surface area contributed by atoms with E-state index < -0.39 is 0 Å². The maximum atomic E-state index is 12.5. The second-order valence-corrected chi connectivity index (χ2v) is 6.83. The molecule has 0 saturated heterocycles. The summed E-state index contributed by atoms with van der Waals surface area (Å²) in [6.07, 6.45) is 7.72. The van der Waals surface area contributed by atoms with E-state index in [1.165, 1.54) is 19.3 Å². The Morgan fingerprint density at radius 2 is 1.88 bits per heavy atom. The number of aromatic nitrogens is 1. The lowest BCUT2D eigenvalue weighted by molar-refractivity contribution is 0.102. The first-order valence-corrected chi connectivity index (χ1v) is 8.86. The fourth-order valence-corrected chi connectivity index (χ4v) is 3.23. The van der Waals surface area contributed by atoms with Crippen LogP contribution < -0.4 is 10.6 Å². The molecular weight excluding hydrogens is 345 g/mol. The van der Waals surface area contributed by atoms with Crippen molar-refractivity contribution in [1.82, 2.24) is 4.98 Å². The lowest BCUT2D eigenvalue weighted by atomic mass is 9.95. The zero-order valence-corrected chi connectivity index (χ0v) is 14.7. The highest BCUT2D eigenvalue weighted by Crippen LogP contribution is 2.26. The second kappa shape index (κ2) is 7.86. The number of halogens is 2.